The van der Waals surface area contributed by atoms with Crippen molar-refractivity contribution in [3.8, 4) is 5.75 Å². The molecule has 0 bridgehead atoms. The standard InChI is InChI=1S/C10H12O/c1-7(2)9-5-4-8(3)6-10(9)11/h4-6,11H,1H2,2-3H3. The van der Waals surface area contributed by atoms with Crippen LogP contribution in [-0.4, -0.2) is 5.11 Å². The van der Waals surface area contributed by atoms with Gasteiger partial charge in [0.2, 0.25) is 0 Å². The third kappa shape index (κ3) is 1.73. The lowest BCUT2D eigenvalue weighted by Crippen LogP contribution is -1.89. The molecule has 1 N–H and O–H groups in total. The maximum Gasteiger partial charge on any atom is 0.119 e. The molecule has 0 spiro atoms. The van der Waals surface area contributed by atoms with Crippen molar-refractivity contribution in [2.45, 2.75) is 13.8 Å². The molecule has 2 radical (unpaired) electrons. The first-order valence-electron chi connectivity index (χ1n) is 3.57. The molecule has 0 heterocycles. The summed E-state index contributed by atoms with van der Waals surface area (Å²) in [7, 11) is 0. The van der Waals surface area contributed by atoms with Crippen LogP contribution in [0.5, 0.6) is 5.75 Å². The molecule has 0 aliphatic rings. The molecule has 0 unspecified atom stereocenters. The largest absolute Gasteiger partial charge is 0.508 e. The van der Waals surface area contributed by atoms with E-state index < -0.39 is 0 Å². The Hall–Kier alpha value is -0.980. The van der Waals surface area contributed by atoms with Gasteiger partial charge in [0, 0.05) is 11.5 Å². The van der Waals surface area contributed by atoms with Gasteiger partial charge >= 0.3 is 0 Å². The van der Waals surface area contributed by atoms with Crippen LogP contribution >= 0.6 is 0 Å². The van der Waals surface area contributed by atoms with E-state index in [0.29, 0.717) is 5.75 Å². The van der Waals surface area contributed by atoms with Crippen LogP contribution in [0.1, 0.15) is 18.1 Å². The van der Waals surface area contributed by atoms with Crippen LogP contribution in [0, 0.1) is 19.8 Å². The zero-order chi connectivity index (χ0) is 8.43. The van der Waals surface area contributed by atoms with Crippen molar-refractivity contribution in [3.05, 3.63) is 42.2 Å². The summed E-state index contributed by atoms with van der Waals surface area (Å²) in [4.78, 5) is 0. The second kappa shape index (κ2) is 2.95. The van der Waals surface area contributed by atoms with E-state index in [1.54, 1.807) is 6.07 Å². The van der Waals surface area contributed by atoms with Gasteiger partial charge in [-0.1, -0.05) is 19.1 Å². The second-order valence-electron chi connectivity index (χ2n) is 2.80. The zero-order valence-corrected chi connectivity index (χ0v) is 6.89. The number of phenols is 1. The van der Waals surface area contributed by atoms with Crippen LogP contribution in [0.2, 0.25) is 0 Å². The Morgan fingerprint density at radius 2 is 2.09 bits per heavy atom. The van der Waals surface area contributed by atoms with Crippen molar-refractivity contribution < 1.29 is 5.11 Å². The monoisotopic (exact) mass is 148 g/mol. The van der Waals surface area contributed by atoms with E-state index >= 15 is 0 Å². The average molecular weight is 148 g/mol. The fourth-order valence-corrected chi connectivity index (χ4v) is 1.00. The molecule has 0 atom stereocenters. The number of benzene rings is 1. The summed E-state index contributed by atoms with van der Waals surface area (Å²) in [5.74, 6) is 1.21. The van der Waals surface area contributed by atoms with E-state index in [0.717, 1.165) is 17.0 Å². The molecule has 0 aromatic heterocycles. The fourth-order valence-electron chi connectivity index (χ4n) is 1.00. The van der Waals surface area contributed by atoms with Crippen molar-refractivity contribution in [1.82, 2.24) is 0 Å². The summed E-state index contributed by atoms with van der Waals surface area (Å²) in [5, 5.41) is 9.40. The lowest BCUT2D eigenvalue weighted by Gasteiger charge is -2.07. The topological polar surface area (TPSA) is 20.2 Å². The fraction of sp³-hybridized carbons (Fsp3) is 0.200. The highest BCUT2D eigenvalue weighted by Gasteiger charge is 2.04. The molecule has 1 aromatic carbocycles. The van der Waals surface area contributed by atoms with Crippen LogP contribution in [0.3, 0.4) is 0 Å². The summed E-state index contributed by atoms with van der Waals surface area (Å²) < 4.78 is 0. The molecule has 0 amide bonds. The summed E-state index contributed by atoms with van der Waals surface area (Å²) >= 11 is 0. The first-order valence-corrected chi connectivity index (χ1v) is 3.57. The molecule has 0 aliphatic carbocycles. The number of aryl methyl sites for hydroxylation is 1. The van der Waals surface area contributed by atoms with Gasteiger partial charge in [-0.3, -0.25) is 0 Å². The van der Waals surface area contributed by atoms with Crippen molar-refractivity contribution >= 4 is 0 Å². The average Bonchev–Trinajstić information content (AvgIpc) is 1.85. The number of hydrogen-bond acceptors (Lipinski definition) is 1. The van der Waals surface area contributed by atoms with Crippen molar-refractivity contribution in [2.24, 2.45) is 0 Å². The molecule has 1 rings (SSSR count). The molecular weight excluding hydrogens is 136 g/mol. The van der Waals surface area contributed by atoms with E-state index in [4.69, 9.17) is 0 Å². The summed E-state index contributed by atoms with van der Waals surface area (Å²) in [6, 6.07) is 5.58. The number of hydrogen-bond donors (Lipinski definition) is 1. The number of phenolic OH excluding ortho intramolecular Hbond substituents is 1. The first kappa shape index (κ1) is 8.12. The predicted molar refractivity (Wildman–Crippen MR) is 46.2 cm³/mol. The molecule has 1 heteroatoms. The van der Waals surface area contributed by atoms with Gasteiger partial charge in [-0.25, -0.2) is 0 Å². The Morgan fingerprint density at radius 3 is 2.55 bits per heavy atom. The van der Waals surface area contributed by atoms with E-state index in [9.17, 15) is 5.11 Å². The molecule has 11 heavy (non-hydrogen) atoms. The lowest BCUT2D eigenvalue weighted by molar-refractivity contribution is 0.470. The minimum Gasteiger partial charge on any atom is -0.508 e. The van der Waals surface area contributed by atoms with Crippen molar-refractivity contribution in [3.63, 3.8) is 0 Å². The predicted octanol–water partition coefficient (Wildman–Crippen LogP) is 2.48. The molecule has 1 aromatic rings. The highest BCUT2D eigenvalue weighted by molar-refractivity contribution is 5.44. The Morgan fingerprint density at radius 1 is 1.45 bits per heavy atom. The Bertz CT molecular complexity index is 251. The molecule has 0 saturated heterocycles. The van der Waals surface area contributed by atoms with Gasteiger partial charge < -0.3 is 5.11 Å². The first-order chi connectivity index (χ1) is 5.11. The number of aromatic hydroxyl groups is 1. The van der Waals surface area contributed by atoms with Crippen LogP contribution in [0.4, 0.5) is 0 Å². The van der Waals surface area contributed by atoms with Gasteiger partial charge in [0.05, 0.1) is 0 Å². The summed E-state index contributed by atoms with van der Waals surface area (Å²) in [6.07, 6.45) is 0. The Balaban J connectivity index is 3.09. The van der Waals surface area contributed by atoms with Crippen LogP contribution in [0.25, 0.3) is 0 Å². The van der Waals surface area contributed by atoms with Crippen molar-refractivity contribution in [2.75, 3.05) is 0 Å². The van der Waals surface area contributed by atoms with Gasteiger partial charge in [0.1, 0.15) is 5.75 Å². The molecule has 1 nitrogen and oxygen atoms in total. The van der Waals surface area contributed by atoms with E-state index in [2.05, 4.69) is 6.92 Å². The van der Waals surface area contributed by atoms with E-state index in [-0.39, 0.29) is 0 Å². The van der Waals surface area contributed by atoms with Crippen molar-refractivity contribution in [1.29, 1.82) is 0 Å². The molecule has 0 saturated carbocycles. The van der Waals surface area contributed by atoms with Crippen LogP contribution < -0.4 is 0 Å². The van der Waals surface area contributed by atoms with Crippen LogP contribution in [0.15, 0.2) is 18.2 Å². The van der Waals surface area contributed by atoms with Crippen LogP contribution in [-0.2, 0) is 0 Å². The quantitative estimate of drug-likeness (QED) is 0.648. The highest BCUT2D eigenvalue weighted by atomic mass is 16.3. The molecular formula is C10H12O. The summed E-state index contributed by atoms with van der Waals surface area (Å²) in [5.41, 5.74) is 1.89. The lowest BCUT2D eigenvalue weighted by atomic mass is 10.0. The minimum absolute atomic E-state index is 0.317. The second-order valence-corrected chi connectivity index (χ2v) is 2.80. The van der Waals surface area contributed by atoms with Gasteiger partial charge in [-0.15, -0.1) is 0 Å². The molecule has 58 valence electrons. The van der Waals surface area contributed by atoms with E-state index in [1.165, 1.54) is 0 Å². The van der Waals surface area contributed by atoms with Gasteiger partial charge in [-0.05, 0) is 25.5 Å². The molecule has 0 fully saturated rings. The maximum atomic E-state index is 9.40. The third-order valence-electron chi connectivity index (χ3n) is 1.61. The van der Waals surface area contributed by atoms with Gasteiger partial charge in [-0.2, -0.15) is 0 Å². The van der Waals surface area contributed by atoms with Gasteiger partial charge in [0.15, 0.2) is 0 Å². The highest BCUT2D eigenvalue weighted by Crippen LogP contribution is 2.24. The number of rotatable bonds is 1. The minimum atomic E-state index is 0.317. The Labute approximate surface area is 67.7 Å². The smallest absolute Gasteiger partial charge is 0.119 e. The Kier molecular flexibility index (Phi) is 2.18. The molecule has 0 aliphatic heterocycles. The van der Waals surface area contributed by atoms with E-state index in [1.807, 2.05) is 26.0 Å². The third-order valence-corrected chi connectivity index (χ3v) is 1.61. The normalized spacial score (nSPS) is 10.5. The van der Waals surface area contributed by atoms with Gasteiger partial charge in [0.25, 0.3) is 0 Å². The zero-order valence-electron chi connectivity index (χ0n) is 6.89. The SMILES string of the molecule is [CH2][C](C)c1ccc(C)cc1O. The summed E-state index contributed by atoms with van der Waals surface area (Å²) in [6.45, 7) is 7.58. The maximum absolute atomic E-state index is 9.40.